The van der Waals surface area contributed by atoms with Crippen molar-refractivity contribution >= 4 is 12.0 Å². The Morgan fingerprint density at radius 2 is 2.10 bits per heavy atom. The maximum absolute atomic E-state index is 13.2. The van der Waals surface area contributed by atoms with Crippen molar-refractivity contribution in [1.29, 1.82) is 0 Å². The summed E-state index contributed by atoms with van der Waals surface area (Å²) in [5, 5.41) is 2.83. The summed E-state index contributed by atoms with van der Waals surface area (Å²) in [4.78, 5) is 34.6. The number of hydrogen-bond donors (Lipinski definition) is 2. The maximum Gasteiger partial charge on any atom is 0.328 e. The molecule has 0 aliphatic carbocycles. The summed E-state index contributed by atoms with van der Waals surface area (Å²) >= 11 is 0. The van der Waals surface area contributed by atoms with Gasteiger partial charge in [-0.15, -0.1) is 0 Å². The third kappa shape index (κ3) is 3.48. The fourth-order valence-corrected chi connectivity index (χ4v) is 3.76. The normalized spacial score (nSPS) is 18.3. The molecule has 2 atom stereocenters. The van der Waals surface area contributed by atoms with E-state index in [0.29, 0.717) is 24.5 Å². The number of imidazole rings is 1. The summed E-state index contributed by atoms with van der Waals surface area (Å²) in [7, 11) is 1.32. The Hall–Kier alpha value is -3.23. The molecule has 1 aromatic heterocycles. The number of fused-ring (bicyclic) bond motifs is 2. The van der Waals surface area contributed by atoms with Crippen LogP contribution in [-0.4, -0.2) is 53.4 Å². The smallest absolute Gasteiger partial charge is 0.328 e. The number of benzene rings is 1. The molecule has 3 heterocycles. The van der Waals surface area contributed by atoms with Gasteiger partial charge in [-0.05, 0) is 23.6 Å². The van der Waals surface area contributed by atoms with Gasteiger partial charge in [0.25, 0.3) is 0 Å². The number of nitrogens with one attached hydrogen (secondary N) is 2. The predicted octanol–water partition coefficient (Wildman–Crippen LogP) is 1.99. The van der Waals surface area contributed by atoms with Crippen LogP contribution in [0.25, 0.3) is 0 Å². The van der Waals surface area contributed by atoms with Crippen molar-refractivity contribution in [1.82, 2.24) is 20.2 Å². The molecular formula is C20H24N4O5. The minimum Gasteiger partial charge on any atom is -0.467 e. The van der Waals surface area contributed by atoms with Crippen LogP contribution in [0.3, 0.4) is 0 Å². The van der Waals surface area contributed by atoms with Crippen LogP contribution in [0, 0.1) is 5.92 Å². The van der Waals surface area contributed by atoms with E-state index in [2.05, 4.69) is 15.3 Å². The molecule has 1 unspecified atom stereocenters. The third-order valence-corrected chi connectivity index (χ3v) is 5.30. The Morgan fingerprint density at radius 1 is 1.31 bits per heavy atom. The zero-order chi connectivity index (χ0) is 20.5. The zero-order valence-corrected chi connectivity index (χ0v) is 16.6. The minimum atomic E-state index is -0.731. The first-order chi connectivity index (χ1) is 14.0. The van der Waals surface area contributed by atoms with Crippen LogP contribution in [0.2, 0.25) is 0 Å². The first-order valence-electron chi connectivity index (χ1n) is 9.56. The number of methoxy groups -OCH3 is 1. The van der Waals surface area contributed by atoms with Crippen molar-refractivity contribution in [2.45, 2.75) is 32.4 Å². The SMILES string of the molecule is COC(=O)[C@@H](NC(=O)N1CCc2[nH]cnc2C1c1ccc2c(c1)OCO2)C(C)C. The van der Waals surface area contributed by atoms with Gasteiger partial charge in [0.2, 0.25) is 6.79 Å². The van der Waals surface area contributed by atoms with Gasteiger partial charge in [-0.3, -0.25) is 0 Å². The number of carbonyl (C=O) groups excluding carboxylic acids is 2. The van der Waals surface area contributed by atoms with Gasteiger partial charge in [0, 0.05) is 18.7 Å². The molecule has 2 N–H and O–H groups in total. The monoisotopic (exact) mass is 400 g/mol. The first kappa shape index (κ1) is 19.1. The van der Waals surface area contributed by atoms with E-state index in [4.69, 9.17) is 14.2 Å². The maximum atomic E-state index is 13.2. The second-order valence-electron chi connectivity index (χ2n) is 7.42. The predicted molar refractivity (Wildman–Crippen MR) is 103 cm³/mol. The second kappa shape index (κ2) is 7.65. The van der Waals surface area contributed by atoms with E-state index in [9.17, 15) is 9.59 Å². The number of ether oxygens (including phenoxy) is 3. The summed E-state index contributed by atoms with van der Waals surface area (Å²) < 4.78 is 15.8. The first-order valence-corrected chi connectivity index (χ1v) is 9.56. The molecule has 0 radical (unpaired) electrons. The molecule has 2 amide bonds. The highest BCUT2D eigenvalue weighted by atomic mass is 16.7. The molecule has 0 fully saturated rings. The van der Waals surface area contributed by atoms with Gasteiger partial charge >= 0.3 is 12.0 Å². The molecule has 0 bridgehead atoms. The van der Waals surface area contributed by atoms with E-state index in [1.54, 1.807) is 11.2 Å². The Balaban J connectivity index is 1.66. The van der Waals surface area contributed by atoms with Crippen LogP contribution in [0.4, 0.5) is 4.79 Å². The van der Waals surface area contributed by atoms with Gasteiger partial charge < -0.3 is 29.4 Å². The second-order valence-corrected chi connectivity index (χ2v) is 7.42. The third-order valence-electron chi connectivity index (χ3n) is 5.30. The van der Waals surface area contributed by atoms with Gasteiger partial charge in [-0.1, -0.05) is 19.9 Å². The van der Waals surface area contributed by atoms with Gasteiger partial charge in [0.05, 0.1) is 19.1 Å². The summed E-state index contributed by atoms with van der Waals surface area (Å²) in [6, 6.07) is 4.13. The summed E-state index contributed by atoms with van der Waals surface area (Å²) in [5.74, 6) is 0.736. The van der Waals surface area contributed by atoms with Crippen LogP contribution in [-0.2, 0) is 16.0 Å². The molecule has 9 nitrogen and oxygen atoms in total. The van der Waals surface area contributed by atoms with Crippen molar-refractivity contribution in [3.63, 3.8) is 0 Å². The van der Waals surface area contributed by atoms with E-state index in [1.165, 1.54) is 7.11 Å². The van der Waals surface area contributed by atoms with Crippen molar-refractivity contribution in [2.24, 2.45) is 5.92 Å². The van der Waals surface area contributed by atoms with E-state index in [1.807, 2.05) is 32.0 Å². The fourth-order valence-electron chi connectivity index (χ4n) is 3.76. The molecule has 4 rings (SSSR count). The number of hydrogen-bond acceptors (Lipinski definition) is 6. The Bertz CT molecular complexity index is 925. The lowest BCUT2D eigenvalue weighted by Crippen LogP contribution is -2.53. The van der Waals surface area contributed by atoms with Crippen molar-refractivity contribution in [3.05, 3.63) is 41.5 Å². The Morgan fingerprint density at radius 3 is 2.86 bits per heavy atom. The quantitative estimate of drug-likeness (QED) is 0.761. The average Bonchev–Trinajstić information content (AvgIpc) is 3.38. The van der Waals surface area contributed by atoms with Gasteiger partial charge in [0.15, 0.2) is 11.5 Å². The van der Waals surface area contributed by atoms with Crippen LogP contribution < -0.4 is 14.8 Å². The summed E-state index contributed by atoms with van der Waals surface area (Å²) in [6.45, 7) is 4.38. The Labute approximate surface area is 168 Å². The van der Waals surface area contributed by atoms with Crippen LogP contribution in [0.15, 0.2) is 24.5 Å². The Kier molecular flexibility index (Phi) is 5.04. The minimum absolute atomic E-state index is 0.110. The van der Waals surface area contributed by atoms with Gasteiger partial charge in [-0.25, -0.2) is 14.6 Å². The largest absolute Gasteiger partial charge is 0.467 e. The lowest BCUT2D eigenvalue weighted by Gasteiger charge is -2.36. The molecule has 2 aromatic rings. The molecule has 154 valence electrons. The van der Waals surface area contributed by atoms with E-state index < -0.39 is 18.1 Å². The number of amides is 2. The van der Waals surface area contributed by atoms with Gasteiger partial charge in [0.1, 0.15) is 12.1 Å². The highest BCUT2D eigenvalue weighted by Gasteiger charge is 2.37. The van der Waals surface area contributed by atoms with Crippen molar-refractivity contribution in [3.8, 4) is 11.5 Å². The molecule has 0 saturated heterocycles. The highest BCUT2D eigenvalue weighted by Crippen LogP contribution is 2.39. The molecule has 9 heteroatoms. The van der Waals surface area contributed by atoms with E-state index in [-0.39, 0.29) is 18.7 Å². The lowest BCUT2D eigenvalue weighted by molar-refractivity contribution is -0.144. The summed E-state index contributed by atoms with van der Waals surface area (Å²) in [5.41, 5.74) is 2.63. The number of nitrogens with zero attached hydrogens (tertiary/aromatic N) is 2. The number of esters is 1. The molecule has 1 aromatic carbocycles. The molecule has 29 heavy (non-hydrogen) atoms. The standard InChI is InChI=1S/C20H24N4O5/c1-11(2)16(19(25)27-3)23-20(26)24-7-6-13-17(22-9-21-13)18(24)12-4-5-14-15(8-12)29-10-28-14/h4-5,8-9,11,16,18H,6-7,10H2,1-3H3,(H,21,22)(H,23,26)/t16-,18?/m0/s1. The van der Waals surface area contributed by atoms with Crippen molar-refractivity contribution in [2.75, 3.05) is 20.4 Å². The number of H-pyrrole nitrogens is 1. The lowest BCUT2D eigenvalue weighted by atomic mass is 9.95. The highest BCUT2D eigenvalue weighted by molar-refractivity contribution is 5.84. The summed E-state index contributed by atoms with van der Waals surface area (Å²) in [6.07, 6.45) is 2.28. The number of aromatic amines is 1. The van der Waals surface area contributed by atoms with Crippen molar-refractivity contribution < 1.29 is 23.8 Å². The molecule has 0 spiro atoms. The molecule has 0 saturated carbocycles. The molecular weight excluding hydrogens is 376 g/mol. The zero-order valence-electron chi connectivity index (χ0n) is 16.6. The van der Waals surface area contributed by atoms with Gasteiger partial charge in [-0.2, -0.15) is 0 Å². The average molecular weight is 400 g/mol. The number of urea groups is 1. The van der Waals surface area contributed by atoms with Crippen LogP contribution in [0.1, 0.15) is 36.8 Å². The number of carbonyl (C=O) groups is 2. The number of aromatic nitrogens is 2. The molecule has 2 aliphatic heterocycles. The molecule has 2 aliphatic rings. The van der Waals surface area contributed by atoms with Crippen LogP contribution >= 0.6 is 0 Å². The van der Waals surface area contributed by atoms with Crippen LogP contribution in [0.5, 0.6) is 11.5 Å². The van der Waals surface area contributed by atoms with E-state index in [0.717, 1.165) is 17.0 Å². The van der Waals surface area contributed by atoms with E-state index >= 15 is 0 Å². The fraction of sp³-hybridized carbons (Fsp3) is 0.450. The number of rotatable bonds is 4. The topological polar surface area (TPSA) is 106 Å².